The van der Waals surface area contributed by atoms with Crippen molar-refractivity contribution < 1.29 is 23.1 Å². The summed E-state index contributed by atoms with van der Waals surface area (Å²) in [5.74, 6) is -1.10. The minimum absolute atomic E-state index is 0.0463. The molecule has 0 atom stereocenters. The van der Waals surface area contributed by atoms with E-state index in [0.717, 1.165) is 16.8 Å². The maximum Gasteiger partial charge on any atom is 0.416 e. The number of fused-ring (bicyclic) bond motifs is 1. The average molecular weight is 502 g/mol. The predicted molar refractivity (Wildman–Crippen MR) is 132 cm³/mol. The Morgan fingerprint density at radius 2 is 1.70 bits per heavy atom. The Kier molecular flexibility index (Phi) is 5.92. The molecule has 0 radical (unpaired) electrons. The molecule has 0 aliphatic rings. The Hall–Kier alpha value is -4.99. The number of rotatable bonds is 5. The Morgan fingerprint density at radius 3 is 2.43 bits per heavy atom. The third kappa shape index (κ3) is 4.64. The summed E-state index contributed by atoms with van der Waals surface area (Å²) in [6.07, 6.45) is -1.45. The zero-order valence-electron chi connectivity index (χ0n) is 18.9. The topological polar surface area (TPSA) is 89.5 Å². The normalized spacial score (nSPS) is 11.9. The standard InChI is InChI=1S/C27H17F3N4O3/c28-27(29,30)19-6-3-5-18(15-19)24-32-23-9-2-1-8-22(23)25(35)34(24)31-16-21-7-4-14-33(21)20-12-10-17(11-13-20)26(36)37/h1-16H,(H,36,37). The van der Waals surface area contributed by atoms with Crippen LogP contribution in [0.1, 0.15) is 21.6 Å². The average Bonchev–Trinajstić information content (AvgIpc) is 3.36. The van der Waals surface area contributed by atoms with Crippen LogP contribution >= 0.6 is 0 Å². The maximum absolute atomic E-state index is 13.4. The number of carboxylic acid groups (broad SMARTS) is 1. The lowest BCUT2D eigenvalue weighted by molar-refractivity contribution is -0.137. The maximum atomic E-state index is 13.4. The molecule has 0 spiro atoms. The summed E-state index contributed by atoms with van der Waals surface area (Å²) in [6, 6.07) is 20.7. The zero-order chi connectivity index (χ0) is 26.2. The molecule has 5 rings (SSSR count). The van der Waals surface area contributed by atoms with Gasteiger partial charge in [-0.15, -0.1) is 0 Å². The second kappa shape index (κ2) is 9.23. The number of carboxylic acids is 1. The van der Waals surface area contributed by atoms with E-state index < -0.39 is 23.3 Å². The number of benzene rings is 3. The van der Waals surface area contributed by atoms with Gasteiger partial charge in [0.05, 0.1) is 33.9 Å². The van der Waals surface area contributed by atoms with Gasteiger partial charge in [-0.3, -0.25) is 4.79 Å². The van der Waals surface area contributed by atoms with Crippen molar-refractivity contribution in [1.82, 2.24) is 14.2 Å². The van der Waals surface area contributed by atoms with Crippen LogP contribution in [-0.2, 0) is 6.18 Å². The van der Waals surface area contributed by atoms with Gasteiger partial charge in [-0.25, -0.2) is 9.78 Å². The molecule has 5 aromatic rings. The highest BCUT2D eigenvalue weighted by Gasteiger charge is 2.31. The molecule has 10 heteroatoms. The highest BCUT2D eigenvalue weighted by Crippen LogP contribution is 2.32. The van der Waals surface area contributed by atoms with Crippen molar-refractivity contribution in [3.63, 3.8) is 0 Å². The lowest BCUT2D eigenvalue weighted by Gasteiger charge is -2.12. The fraction of sp³-hybridized carbons (Fsp3) is 0.0370. The smallest absolute Gasteiger partial charge is 0.416 e. The van der Waals surface area contributed by atoms with Gasteiger partial charge in [-0.1, -0.05) is 24.3 Å². The monoisotopic (exact) mass is 502 g/mol. The van der Waals surface area contributed by atoms with Crippen LogP contribution in [0, 0.1) is 0 Å². The Bertz CT molecular complexity index is 1720. The fourth-order valence-corrected chi connectivity index (χ4v) is 3.87. The molecule has 2 heterocycles. The molecule has 37 heavy (non-hydrogen) atoms. The van der Waals surface area contributed by atoms with Crippen LogP contribution in [0.3, 0.4) is 0 Å². The summed E-state index contributed by atoms with van der Waals surface area (Å²) in [5.41, 5.74) is 0.310. The van der Waals surface area contributed by atoms with Crippen LogP contribution in [0.4, 0.5) is 13.2 Å². The van der Waals surface area contributed by atoms with Gasteiger partial charge in [0.2, 0.25) is 0 Å². The molecule has 7 nitrogen and oxygen atoms in total. The molecular weight excluding hydrogens is 485 g/mol. The summed E-state index contributed by atoms with van der Waals surface area (Å²) in [4.78, 5) is 28.9. The second-order valence-electron chi connectivity index (χ2n) is 8.05. The van der Waals surface area contributed by atoms with Gasteiger partial charge in [-0.05, 0) is 60.7 Å². The van der Waals surface area contributed by atoms with Crippen LogP contribution in [0.15, 0.2) is 101 Å². The molecule has 0 saturated heterocycles. The summed E-state index contributed by atoms with van der Waals surface area (Å²) < 4.78 is 42.8. The van der Waals surface area contributed by atoms with Crippen LogP contribution in [0.5, 0.6) is 0 Å². The van der Waals surface area contributed by atoms with Crippen LogP contribution in [0.2, 0.25) is 0 Å². The molecule has 0 fully saturated rings. The number of aromatic nitrogens is 3. The number of hydrogen-bond donors (Lipinski definition) is 1. The van der Waals surface area contributed by atoms with Gasteiger partial charge in [0.1, 0.15) is 0 Å². The van der Waals surface area contributed by atoms with E-state index in [4.69, 9.17) is 5.11 Å². The number of hydrogen-bond acceptors (Lipinski definition) is 4. The highest BCUT2D eigenvalue weighted by atomic mass is 19.4. The van der Waals surface area contributed by atoms with Crippen LogP contribution in [0.25, 0.3) is 28.0 Å². The molecule has 0 aliphatic heterocycles. The molecule has 0 saturated carbocycles. The quantitative estimate of drug-likeness (QED) is 0.324. The van der Waals surface area contributed by atoms with E-state index in [0.29, 0.717) is 16.9 Å². The first kappa shape index (κ1) is 23.7. The number of para-hydroxylation sites is 1. The fourth-order valence-electron chi connectivity index (χ4n) is 3.87. The van der Waals surface area contributed by atoms with Gasteiger partial charge < -0.3 is 9.67 Å². The van der Waals surface area contributed by atoms with Crippen molar-refractivity contribution in [1.29, 1.82) is 0 Å². The van der Waals surface area contributed by atoms with E-state index in [1.54, 1.807) is 59.3 Å². The minimum atomic E-state index is -4.57. The summed E-state index contributed by atoms with van der Waals surface area (Å²) >= 11 is 0. The number of carbonyl (C=O) groups is 1. The van der Waals surface area contributed by atoms with Crippen LogP contribution < -0.4 is 5.56 Å². The largest absolute Gasteiger partial charge is 0.478 e. The van der Waals surface area contributed by atoms with Crippen molar-refractivity contribution in [2.24, 2.45) is 5.10 Å². The molecule has 2 aromatic heterocycles. The van der Waals surface area contributed by atoms with Crippen molar-refractivity contribution in [2.75, 3.05) is 0 Å². The van der Waals surface area contributed by atoms with E-state index in [2.05, 4.69) is 10.1 Å². The van der Waals surface area contributed by atoms with Gasteiger partial charge >= 0.3 is 12.1 Å². The summed E-state index contributed by atoms with van der Waals surface area (Å²) in [5, 5.41) is 13.7. The van der Waals surface area contributed by atoms with Crippen molar-refractivity contribution in [3.05, 3.63) is 118 Å². The summed E-state index contributed by atoms with van der Waals surface area (Å²) in [7, 11) is 0. The molecule has 1 N–H and O–H groups in total. The van der Waals surface area contributed by atoms with Crippen LogP contribution in [-0.4, -0.2) is 31.5 Å². The lowest BCUT2D eigenvalue weighted by atomic mass is 10.1. The van der Waals surface area contributed by atoms with E-state index in [-0.39, 0.29) is 22.3 Å². The van der Waals surface area contributed by atoms with Crippen molar-refractivity contribution in [3.8, 4) is 17.1 Å². The first-order valence-electron chi connectivity index (χ1n) is 11.0. The first-order chi connectivity index (χ1) is 17.7. The molecule has 0 amide bonds. The molecular formula is C27H17F3N4O3. The Balaban J connectivity index is 1.64. The Labute approximate surface area is 207 Å². The van der Waals surface area contributed by atoms with Gasteiger partial charge in [0.25, 0.3) is 5.56 Å². The number of halogens is 3. The highest BCUT2D eigenvalue weighted by molar-refractivity contribution is 5.88. The van der Waals surface area contributed by atoms with E-state index in [1.165, 1.54) is 30.5 Å². The van der Waals surface area contributed by atoms with Crippen molar-refractivity contribution >= 4 is 23.1 Å². The lowest BCUT2D eigenvalue weighted by Crippen LogP contribution is -2.20. The zero-order valence-corrected chi connectivity index (χ0v) is 18.9. The number of aromatic carboxylic acids is 1. The SMILES string of the molecule is O=C(O)c1ccc(-n2cccc2C=Nn2c(-c3cccc(C(F)(F)F)c3)nc3ccccc3c2=O)cc1. The minimum Gasteiger partial charge on any atom is -0.478 e. The molecule has 184 valence electrons. The van der Waals surface area contributed by atoms with Gasteiger partial charge in [-0.2, -0.15) is 22.9 Å². The van der Waals surface area contributed by atoms with Crippen molar-refractivity contribution in [2.45, 2.75) is 6.18 Å². The number of nitrogens with zero attached hydrogens (tertiary/aromatic N) is 4. The molecule has 0 aliphatic carbocycles. The third-order valence-corrected chi connectivity index (χ3v) is 5.68. The second-order valence-corrected chi connectivity index (χ2v) is 8.05. The Morgan fingerprint density at radius 1 is 0.946 bits per heavy atom. The summed E-state index contributed by atoms with van der Waals surface area (Å²) in [6.45, 7) is 0. The van der Waals surface area contributed by atoms with Gasteiger partial charge in [0.15, 0.2) is 5.82 Å². The third-order valence-electron chi connectivity index (χ3n) is 5.68. The molecule has 0 unspecified atom stereocenters. The van der Waals surface area contributed by atoms with E-state index in [1.807, 2.05) is 0 Å². The van der Waals surface area contributed by atoms with E-state index >= 15 is 0 Å². The number of alkyl halides is 3. The van der Waals surface area contributed by atoms with Gasteiger partial charge in [0, 0.05) is 17.4 Å². The molecule has 3 aromatic carbocycles. The predicted octanol–water partition coefficient (Wildman–Crippen LogP) is 5.45. The molecule has 0 bridgehead atoms. The first-order valence-corrected chi connectivity index (χ1v) is 11.0. The van der Waals surface area contributed by atoms with E-state index in [9.17, 15) is 22.8 Å².